The molecule has 0 N–H and O–H groups in total. The van der Waals surface area contributed by atoms with E-state index >= 15 is 0 Å². The quantitative estimate of drug-likeness (QED) is 0.515. The Bertz CT molecular complexity index is 157. The Kier molecular flexibility index (Phi) is 2.11. The first-order chi connectivity index (χ1) is 5.47. The van der Waals surface area contributed by atoms with Crippen molar-refractivity contribution in [3.05, 3.63) is 0 Å². The minimum Gasteiger partial charge on any atom is -0.360 e. The molecule has 0 saturated carbocycles. The molecule has 62 valence electrons. The van der Waals surface area contributed by atoms with Gasteiger partial charge in [-0.15, -0.1) is 0 Å². The van der Waals surface area contributed by atoms with Gasteiger partial charge in [0.1, 0.15) is 0 Å². The molecule has 0 atom stereocenters. The Hall–Kier alpha value is -0.530. The molecule has 0 amide bonds. The first-order valence-electron chi connectivity index (χ1n) is 4.75. The minimum atomic E-state index is 1.08. The number of hydrogen-bond acceptors (Lipinski definition) is 2. The zero-order chi connectivity index (χ0) is 7.52. The van der Waals surface area contributed by atoms with Crippen LogP contribution in [0.15, 0.2) is 4.99 Å². The van der Waals surface area contributed by atoms with E-state index in [0.29, 0.717) is 0 Å². The Morgan fingerprint density at radius 2 is 1.82 bits per heavy atom. The Balaban J connectivity index is 1.96. The van der Waals surface area contributed by atoms with Gasteiger partial charge in [-0.1, -0.05) is 0 Å². The molecular weight excluding hydrogens is 136 g/mol. The van der Waals surface area contributed by atoms with Crippen LogP contribution < -0.4 is 0 Å². The van der Waals surface area contributed by atoms with Crippen LogP contribution in [0.4, 0.5) is 0 Å². The molecule has 1 saturated heterocycles. The maximum atomic E-state index is 4.55. The van der Waals surface area contributed by atoms with Crippen LogP contribution in [0.2, 0.25) is 0 Å². The highest BCUT2D eigenvalue weighted by molar-refractivity contribution is 5.82. The molecule has 2 rings (SSSR count). The summed E-state index contributed by atoms with van der Waals surface area (Å²) in [4.78, 5) is 7.03. The van der Waals surface area contributed by atoms with Crippen molar-refractivity contribution in [2.24, 2.45) is 4.99 Å². The number of nitrogens with zero attached hydrogens (tertiary/aromatic N) is 2. The van der Waals surface area contributed by atoms with Crippen LogP contribution >= 0.6 is 0 Å². The second kappa shape index (κ2) is 3.24. The van der Waals surface area contributed by atoms with Crippen LogP contribution in [0, 0.1) is 0 Å². The van der Waals surface area contributed by atoms with Crippen LogP contribution in [-0.2, 0) is 0 Å². The van der Waals surface area contributed by atoms with Crippen LogP contribution in [0.3, 0.4) is 0 Å². The van der Waals surface area contributed by atoms with E-state index in [1.165, 1.54) is 51.0 Å². The highest BCUT2D eigenvalue weighted by Gasteiger charge is 2.16. The summed E-state index contributed by atoms with van der Waals surface area (Å²) < 4.78 is 0. The van der Waals surface area contributed by atoms with E-state index in [1.807, 2.05) is 0 Å². The summed E-state index contributed by atoms with van der Waals surface area (Å²) in [5, 5.41) is 0. The van der Waals surface area contributed by atoms with Crippen LogP contribution in [0.25, 0.3) is 0 Å². The van der Waals surface area contributed by atoms with Crippen molar-refractivity contribution in [1.29, 1.82) is 0 Å². The zero-order valence-electron chi connectivity index (χ0n) is 7.05. The summed E-state index contributed by atoms with van der Waals surface area (Å²) in [5.41, 5.74) is 0. The monoisotopic (exact) mass is 152 g/mol. The van der Waals surface area contributed by atoms with Crippen molar-refractivity contribution in [3.63, 3.8) is 0 Å². The molecule has 0 aromatic rings. The van der Waals surface area contributed by atoms with Crippen molar-refractivity contribution in [2.45, 2.75) is 32.1 Å². The summed E-state index contributed by atoms with van der Waals surface area (Å²) >= 11 is 0. The van der Waals surface area contributed by atoms with Gasteiger partial charge in [0.05, 0.1) is 5.84 Å². The highest BCUT2D eigenvalue weighted by Crippen LogP contribution is 2.14. The fraction of sp³-hybridized carbons (Fsp3) is 0.889. The molecule has 0 aromatic carbocycles. The number of amidine groups is 1. The van der Waals surface area contributed by atoms with E-state index in [-0.39, 0.29) is 0 Å². The molecule has 0 spiro atoms. The number of rotatable bonds is 0. The molecule has 0 aliphatic carbocycles. The SMILES string of the molecule is C1CCC(N2CCCC2)=NC1. The maximum Gasteiger partial charge on any atom is 0.0988 e. The van der Waals surface area contributed by atoms with Gasteiger partial charge in [-0.05, 0) is 25.7 Å². The van der Waals surface area contributed by atoms with E-state index in [1.54, 1.807) is 0 Å². The van der Waals surface area contributed by atoms with Crippen molar-refractivity contribution in [2.75, 3.05) is 19.6 Å². The average molecular weight is 152 g/mol. The number of aliphatic imine (C=N–C) groups is 1. The lowest BCUT2D eigenvalue weighted by Gasteiger charge is -2.22. The van der Waals surface area contributed by atoms with E-state index in [0.717, 1.165) is 6.54 Å². The van der Waals surface area contributed by atoms with Crippen molar-refractivity contribution in [3.8, 4) is 0 Å². The molecule has 2 heteroatoms. The van der Waals surface area contributed by atoms with Gasteiger partial charge in [0.2, 0.25) is 0 Å². The lowest BCUT2D eigenvalue weighted by Crippen LogP contribution is -2.29. The third kappa shape index (κ3) is 1.55. The summed E-state index contributed by atoms with van der Waals surface area (Å²) in [6.07, 6.45) is 6.64. The standard InChI is InChI=1S/C9H16N2/c1-2-6-10-9(5-1)11-7-3-4-8-11/h1-8H2. The molecule has 2 aliphatic heterocycles. The molecule has 1 fully saturated rings. The van der Waals surface area contributed by atoms with Gasteiger partial charge in [0, 0.05) is 26.1 Å². The lowest BCUT2D eigenvalue weighted by molar-refractivity contribution is 0.489. The fourth-order valence-electron chi connectivity index (χ4n) is 1.92. The molecule has 2 nitrogen and oxygen atoms in total. The fourth-order valence-corrected chi connectivity index (χ4v) is 1.92. The number of likely N-dealkylation sites (tertiary alicyclic amines) is 1. The Morgan fingerprint density at radius 3 is 2.45 bits per heavy atom. The maximum absolute atomic E-state index is 4.55. The molecule has 0 aromatic heterocycles. The largest absolute Gasteiger partial charge is 0.360 e. The van der Waals surface area contributed by atoms with Gasteiger partial charge in [-0.2, -0.15) is 0 Å². The van der Waals surface area contributed by atoms with Crippen LogP contribution in [0.1, 0.15) is 32.1 Å². The molecule has 0 unspecified atom stereocenters. The minimum absolute atomic E-state index is 1.08. The summed E-state index contributed by atoms with van der Waals surface area (Å²) in [7, 11) is 0. The van der Waals surface area contributed by atoms with Gasteiger partial charge in [0.15, 0.2) is 0 Å². The molecular formula is C9H16N2. The summed E-state index contributed by atoms with van der Waals surface area (Å²) in [5.74, 6) is 1.40. The third-order valence-electron chi connectivity index (χ3n) is 2.57. The predicted molar refractivity (Wildman–Crippen MR) is 47.0 cm³/mol. The van der Waals surface area contributed by atoms with Gasteiger partial charge in [-0.3, -0.25) is 4.99 Å². The van der Waals surface area contributed by atoms with Crippen molar-refractivity contribution >= 4 is 5.84 Å². The highest BCUT2D eigenvalue weighted by atomic mass is 15.2. The van der Waals surface area contributed by atoms with Crippen LogP contribution in [0.5, 0.6) is 0 Å². The average Bonchev–Trinajstić information content (AvgIpc) is 2.58. The molecule has 2 aliphatic rings. The van der Waals surface area contributed by atoms with Crippen molar-refractivity contribution < 1.29 is 0 Å². The van der Waals surface area contributed by atoms with E-state index in [9.17, 15) is 0 Å². The smallest absolute Gasteiger partial charge is 0.0988 e. The topological polar surface area (TPSA) is 15.6 Å². The third-order valence-corrected chi connectivity index (χ3v) is 2.57. The van der Waals surface area contributed by atoms with Gasteiger partial charge in [0.25, 0.3) is 0 Å². The Morgan fingerprint density at radius 1 is 1.00 bits per heavy atom. The Labute approximate surface area is 68.3 Å². The zero-order valence-corrected chi connectivity index (χ0v) is 7.05. The van der Waals surface area contributed by atoms with Gasteiger partial charge < -0.3 is 4.90 Å². The summed E-state index contributed by atoms with van der Waals surface area (Å²) in [6.45, 7) is 3.60. The second-order valence-corrected chi connectivity index (χ2v) is 3.45. The molecule has 0 bridgehead atoms. The molecule has 2 heterocycles. The van der Waals surface area contributed by atoms with Crippen LogP contribution in [-0.4, -0.2) is 30.4 Å². The lowest BCUT2D eigenvalue weighted by atomic mass is 10.2. The molecule has 0 radical (unpaired) electrons. The van der Waals surface area contributed by atoms with E-state index < -0.39 is 0 Å². The van der Waals surface area contributed by atoms with E-state index in [4.69, 9.17) is 0 Å². The number of hydrogen-bond donors (Lipinski definition) is 0. The second-order valence-electron chi connectivity index (χ2n) is 3.45. The van der Waals surface area contributed by atoms with Crippen molar-refractivity contribution in [1.82, 2.24) is 4.90 Å². The first kappa shape index (κ1) is 7.14. The normalized spacial score (nSPS) is 25.5. The van der Waals surface area contributed by atoms with Gasteiger partial charge in [-0.25, -0.2) is 0 Å². The first-order valence-corrected chi connectivity index (χ1v) is 4.75. The molecule has 11 heavy (non-hydrogen) atoms. The van der Waals surface area contributed by atoms with Gasteiger partial charge >= 0.3 is 0 Å². The predicted octanol–water partition coefficient (Wildman–Crippen LogP) is 1.66. The van der Waals surface area contributed by atoms with E-state index in [2.05, 4.69) is 9.89 Å². The summed E-state index contributed by atoms with van der Waals surface area (Å²) in [6, 6.07) is 0.